The Bertz CT molecular complexity index is 880. The molecule has 0 unspecified atom stereocenters. The minimum Gasteiger partial charge on any atom is -0.493 e. The Kier molecular flexibility index (Phi) is 3.11. The van der Waals surface area contributed by atoms with Gasteiger partial charge in [-0.25, -0.2) is 0 Å². The van der Waals surface area contributed by atoms with Crippen molar-refractivity contribution < 1.29 is 9.53 Å². The van der Waals surface area contributed by atoms with Crippen LogP contribution < -0.4 is 10.1 Å². The van der Waals surface area contributed by atoms with Crippen molar-refractivity contribution in [1.82, 2.24) is 20.0 Å². The van der Waals surface area contributed by atoms with Gasteiger partial charge in [0.05, 0.1) is 24.2 Å². The number of aromatic amines is 1. The molecule has 0 bridgehead atoms. The van der Waals surface area contributed by atoms with Crippen molar-refractivity contribution in [3.8, 4) is 17.0 Å². The summed E-state index contributed by atoms with van der Waals surface area (Å²) in [6.07, 6.45) is 4.23. The van der Waals surface area contributed by atoms with Crippen LogP contribution in [0.1, 0.15) is 16.1 Å². The summed E-state index contributed by atoms with van der Waals surface area (Å²) in [6.45, 7) is 0.720. The SMILES string of the molecule is Cn1cc(NC(=O)c2cc(-c3ccc4c(c3)CCO4)n[nH]2)cn1. The van der Waals surface area contributed by atoms with E-state index in [1.54, 1.807) is 30.2 Å². The molecule has 0 fully saturated rings. The Morgan fingerprint density at radius 3 is 3.13 bits per heavy atom. The molecule has 1 amide bonds. The number of benzene rings is 1. The lowest BCUT2D eigenvalue weighted by Crippen LogP contribution is -2.11. The summed E-state index contributed by atoms with van der Waals surface area (Å²) in [5, 5.41) is 13.8. The van der Waals surface area contributed by atoms with Crippen LogP contribution in [0.15, 0.2) is 36.7 Å². The molecule has 0 radical (unpaired) electrons. The molecule has 4 rings (SSSR count). The maximum absolute atomic E-state index is 12.2. The molecule has 0 aliphatic carbocycles. The number of amides is 1. The van der Waals surface area contributed by atoms with E-state index in [9.17, 15) is 4.79 Å². The molecular formula is C16H15N5O2. The summed E-state index contributed by atoms with van der Waals surface area (Å²) in [6, 6.07) is 7.69. The van der Waals surface area contributed by atoms with E-state index in [4.69, 9.17) is 4.74 Å². The number of ether oxygens (including phenoxy) is 1. The van der Waals surface area contributed by atoms with Gasteiger partial charge in [-0.15, -0.1) is 0 Å². The number of fused-ring (bicyclic) bond motifs is 1. The third kappa shape index (κ3) is 2.57. The average Bonchev–Trinajstić information content (AvgIpc) is 3.26. The Morgan fingerprint density at radius 1 is 1.39 bits per heavy atom. The highest BCUT2D eigenvalue weighted by molar-refractivity contribution is 6.03. The van der Waals surface area contributed by atoms with E-state index < -0.39 is 0 Å². The third-order valence-electron chi connectivity index (χ3n) is 3.77. The fourth-order valence-electron chi connectivity index (χ4n) is 2.62. The molecule has 23 heavy (non-hydrogen) atoms. The number of hydrogen-bond donors (Lipinski definition) is 2. The van der Waals surface area contributed by atoms with Crippen LogP contribution >= 0.6 is 0 Å². The minimum absolute atomic E-state index is 0.249. The van der Waals surface area contributed by atoms with Gasteiger partial charge in [-0.2, -0.15) is 10.2 Å². The van der Waals surface area contributed by atoms with Crippen molar-refractivity contribution in [3.63, 3.8) is 0 Å². The predicted molar refractivity (Wildman–Crippen MR) is 84.4 cm³/mol. The van der Waals surface area contributed by atoms with E-state index in [1.807, 2.05) is 12.1 Å². The Labute approximate surface area is 132 Å². The first kappa shape index (κ1) is 13.6. The van der Waals surface area contributed by atoms with Crippen molar-refractivity contribution in [3.05, 3.63) is 47.9 Å². The zero-order chi connectivity index (χ0) is 15.8. The minimum atomic E-state index is -0.249. The zero-order valence-electron chi connectivity index (χ0n) is 12.5. The molecule has 0 atom stereocenters. The van der Waals surface area contributed by atoms with E-state index in [0.717, 1.165) is 30.0 Å². The number of carbonyl (C=O) groups is 1. The van der Waals surface area contributed by atoms with Gasteiger partial charge in [0.1, 0.15) is 11.4 Å². The lowest BCUT2D eigenvalue weighted by molar-refractivity contribution is 0.102. The number of aryl methyl sites for hydroxylation is 1. The van der Waals surface area contributed by atoms with Gasteiger partial charge in [-0.3, -0.25) is 14.6 Å². The van der Waals surface area contributed by atoms with Crippen LogP contribution in [0.25, 0.3) is 11.3 Å². The number of nitrogens with zero attached hydrogens (tertiary/aromatic N) is 3. The first-order valence-corrected chi connectivity index (χ1v) is 7.30. The van der Waals surface area contributed by atoms with Gasteiger partial charge in [0.2, 0.25) is 0 Å². The molecule has 1 aromatic carbocycles. The molecule has 116 valence electrons. The highest BCUT2D eigenvalue weighted by atomic mass is 16.5. The van der Waals surface area contributed by atoms with Crippen LogP contribution in [0, 0.1) is 0 Å². The first-order chi connectivity index (χ1) is 11.2. The van der Waals surface area contributed by atoms with Gasteiger partial charge in [0.15, 0.2) is 0 Å². The summed E-state index contributed by atoms with van der Waals surface area (Å²) in [4.78, 5) is 12.2. The second kappa shape index (κ2) is 5.28. The third-order valence-corrected chi connectivity index (χ3v) is 3.77. The van der Waals surface area contributed by atoms with E-state index in [2.05, 4.69) is 26.7 Å². The molecule has 3 heterocycles. The lowest BCUT2D eigenvalue weighted by atomic mass is 10.1. The zero-order valence-corrected chi connectivity index (χ0v) is 12.5. The van der Waals surface area contributed by atoms with Crippen LogP contribution in [0.5, 0.6) is 5.75 Å². The highest BCUT2D eigenvalue weighted by Gasteiger charge is 2.15. The normalized spacial score (nSPS) is 12.7. The second-order valence-electron chi connectivity index (χ2n) is 5.44. The lowest BCUT2D eigenvalue weighted by Gasteiger charge is -2.01. The number of rotatable bonds is 3. The predicted octanol–water partition coefficient (Wildman–Crippen LogP) is 2.00. The van der Waals surface area contributed by atoms with Crippen molar-refractivity contribution in [2.24, 2.45) is 7.05 Å². The van der Waals surface area contributed by atoms with Gasteiger partial charge < -0.3 is 10.1 Å². The number of anilines is 1. The molecule has 7 heteroatoms. The van der Waals surface area contributed by atoms with Gasteiger partial charge >= 0.3 is 0 Å². The standard InChI is InChI=1S/C16H15N5O2/c1-21-9-12(8-17-21)18-16(22)14-7-13(19-20-14)10-2-3-15-11(6-10)4-5-23-15/h2-3,6-9H,4-5H2,1H3,(H,18,22)(H,19,20). The van der Waals surface area contributed by atoms with Crippen molar-refractivity contribution in [1.29, 1.82) is 0 Å². The molecule has 0 saturated carbocycles. The molecule has 1 aliphatic heterocycles. The first-order valence-electron chi connectivity index (χ1n) is 7.30. The fourth-order valence-corrected chi connectivity index (χ4v) is 2.62. The van der Waals surface area contributed by atoms with Gasteiger partial charge in [-0.05, 0) is 29.8 Å². The van der Waals surface area contributed by atoms with E-state index in [1.165, 1.54) is 5.56 Å². The number of carbonyl (C=O) groups excluding carboxylic acids is 1. The quantitative estimate of drug-likeness (QED) is 0.775. The average molecular weight is 309 g/mol. The molecule has 2 aromatic heterocycles. The maximum atomic E-state index is 12.2. The molecule has 7 nitrogen and oxygen atoms in total. The summed E-state index contributed by atoms with van der Waals surface area (Å²) < 4.78 is 7.13. The number of hydrogen-bond acceptors (Lipinski definition) is 4. The Morgan fingerprint density at radius 2 is 2.30 bits per heavy atom. The van der Waals surface area contributed by atoms with Crippen LogP contribution in [-0.4, -0.2) is 32.5 Å². The Balaban J connectivity index is 1.55. The van der Waals surface area contributed by atoms with Crippen molar-refractivity contribution in [2.45, 2.75) is 6.42 Å². The molecule has 2 N–H and O–H groups in total. The summed E-state index contributed by atoms with van der Waals surface area (Å²) in [7, 11) is 1.79. The topological polar surface area (TPSA) is 84.8 Å². The summed E-state index contributed by atoms with van der Waals surface area (Å²) >= 11 is 0. The number of nitrogens with one attached hydrogen (secondary N) is 2. The summed E-state index contributed by atoms with van der Waals surface area (Å²) in [5.41, 5.74) is 3.91. The van der Waals surface area contributed by atoms with Crippen molar-refractivity contribution >= 4 is 11.6 Å². The van der Waals surface area contributed by atoms with Gasteiger partial charge in [0.25, 0.3) is 5.91 Å². The van der Waals surface area contributed by atoms with E-state index in [0.29, 0.717) is 11.4 Å². The monoisotopic (exact) mass is 309 g/mol. The maximum Gasteiger partial charge on any atom is 0.273 e. The fraction of sp³-hybridized carbons (Fsp3) is 0.188. The number of aromatic nitrogens is 4. The molecule has 1 aliphatic rings. The largest absolute Gasteiger partial charge is 0.493 e. The molecular weight excluding hydrogens is 294 g/mol. The van der Waals surface area contributed by atoms with E-state index in [-0.39, 0.29) is 5.91 Å². The van der Waals surface area contributed by atoms with Crippen LogP contribution in [-0.2, 0) is 13.5 Å². The molecule has 0 spiro atoms. The number of H-pyrrole nitrogens is 1. The van der Waals surface area contributed by atoms with Gasteiger partial charge in [-0.1, -0.05) is 0 Å². The second-order valence-corrected chi connectivity index (χ2v) is 5.44. The Hall–Kier alpha value is -3.09. The van der Waals surface area contributed by atoms with Crippen molar-refractivity contribution in [2.75, 3.05) is 11.9 Å². The van der Waals surface area contributed by atoms with Gasteiger partial charge in [0, 0.05) is 25.2 Å². The molecule has 0 saturated heterocycles. The van der Waals surface area contributed by atoms with Crippen LogP contribution in [0.4, 0.5) is 5.69 Å². The van der Waals surface area contributed by atoms with Crippen LogP contribution in [0.2, 0.25) is 0 Å². The molecule has 3 aromatic rings. The highest BCUT2D eigenvalue weighted by Crippen LogP contribution is 2.29. The summed E-state index contributed by atoms with van der Waals surface area (Å²) in [5.74, 6) is 0.681. The van der Waals surface area contributed by atoms with E-state index >= 15 is 0 Å². The smallest absolute Gasteiger partial charge is 0.273 e. The van der Waals surface area contributed by atoms with Crippen LogP contribution in [0.3, 0.4) is 0 Å².